The number of benzene rings is 1. The molecule has 0 aliphatic rings. The van der Waals surface area contributed by atoms with E-state index in [0.717, 1.165) is 11.1 Å². The molecule has 3 nitrogen and oxygen atoms in total. The van der Waals surface area contributed by atoms with E-state index in [-0.39, 0.29) is 0 Å². The second-order valence-electron chi connectivity index (χ2n) is 4.03. The van der Waals surface area contributed by atoms with Crippen LogP contribution in [0.4, 0.5) is 0 Å². The fourth-order valence-corrected chi connectivity index (χ4v) is 2.62. The summed E-state index contributed by atoms with van der Waals surface area (Å²) in [6.45, 7) is 1.94. The topological polar surface area (TPSA) is 31.6 Å². The molecule has 2 aromatic rings. The molecule has 1 atom stereocenters. The summed E-state index contributed by atoms with van der Waals surface area (Å²) in [7, 11) is 3.10. The van der Waals surface area contributed by atoms with Crippen molar-refractivity contribution in [3.8, 4) is 11.5 Å². The third kappa shape index (κ3) is 2.53. The first-order chi connectivity index (χ1) is 9.10. The number of ether oxygens (including phenoxy) is 2. The molecule has 102 valence electrons. The molecule has 0 N–H and O–H groups in total. The molecule has 0 aliphatic heterocycles. The van der Waals surface area contributed by atoms with Gasteiger partial charge in [0.05, 0.1) is 20.5 Å². The largest absolute Gasteiger partial charge is 0.495 e. The Morgan fingerprint density at radius 1 is 1.16 bits per heavy atom. The lowest BCUT2D eigenvalue weighted by atomic mass is 10.1. The van der Waals surface area contributed by atoms with Crippen molar-refractivity contribution < 1.29 is 13.9 Å². The second kappa shape index (κ2) is 5.76. The van der Waals surface area contributed by atoms with Crippen LogP contribution in [0.25, 0.3) is 0 Å². The third-order valence-electron chi connectivity index (χ3n) is 2.92. The SMILES string of the molecule is COc1ccc(C(Cl)c2occc2C)c(OC)c1Cl. The molecule has 1 aromatic carbocycles. The Labute approximate surface area is 122 Å². The maximum absolute atomic E-state index is 6.46. The zero-order chi connectivity index (χ0) is 14.0. The summed E-state index contributed by atoms with van der Waals surface area (Å²) in [5.74, 6) is 1.72. The molecule has 0 saturated carbocycles. The molecule has 19 heavy (non-hydrogen) atoms. The Kier molecular flexibility index (Phi) is 4.27. The smallest absolute Gasteiger partial charge is 0.146 e. The molecule has 5 heteroatoms. The zero-order valence-electron chi connectivity index (χ0n) is 10.9. The molecule has 0 fully saturated rings. The maximum atomic E-state index is 6.46. The molecule has 1 heterocycles. The van der Waals surface area contributed by atoms with Crippen LogP contribution in [-0.4, -0.2) is 14.2 Å². The monoisotopic (exact) mass is 300 g/mol. The van der Waals surface area contributed by atoms with E-state index in [9.17, 15) is 0 Å². The van der Waals surface area contributed by atoms with Crippen LogP contribution in [0.1, 0.15) is 22.3 Å². The first kappa shape index (κ1) is 14.1. The second-order valence-corrected chi connectivity index (χ2v) is 4.85. The number of halogens is 2. The van der Waals surface area contributed by atoms with Gasteiger partial charge in [0.1, 0.15) is 27.7 Å². The average molecular weight is 301 g/mol. The van der Waals surface area contributed by atoms with Crippen LogP contribution >= 0.6 is 23.2 Å². The number of alkyl halides is 1. The molecule has 1 aromatic heterocycles. The molecule has 0 amide bonds. The van der Waals surface area contributed by atoms with Crippen molar-refractivity contribution in [2.24, 2.45) is 0 Å². The quantitative estimate of drug-likeness (QED) is 0.774. The fraction of sp³-hybridized carbons (Fsp3) is 0.286. The lowest BCUT2D eigenvalue weighted by molar-refractivity contribution is 0.390. The first-order valence-corrected chi connectivity index (χ1v) is 6.50. The van der Waals surface area contributed by atoms with Gasteiger partial charge < -0.3 is 13.9 Å². The van der Waals surface area contributed by atoms with E-state index in [1.54, 1.807) is 26.5 Å². The normalized spacial score (nSPS) is 12.3. The third-order valence-corrected chi connectivity index (χ3v) is 3.71. The summed E-state index contributed by atoms with van der Waals surface area (Å²) >= 11 is 12.7. The van der Waals surface area contributed by atoms with Gasteiger partial charge in [-0.1, -0.05) is 11.6 Å². The van der Waals surface area contributed by atoms with Crippen LogP contribution in [-0.2, 0) is 0 Å². The molecule has 0 spiro atoms. The summed E-state index contributed by atoms with van der Waals surface area (Å²) < 4.78 is 15.9. The van der Waals surface area contributed by atoms with Crippen molar-refractivity contribution in [3.63, 3.8) is 0 Å². The predicted molar refractivity (Wildman–Crippen MR) is 75.7 cm³/mol. The summed E-state index contributed by atoms with van der Waals surface area (Å²) in [4.78, 5) is 0. The summed E-state index contributed by atoms with van der Waals surface area (Å²) in [6.07, 6.45) is 1.61. The van der Waals surface area contributed by atoms with E-state index in [1.165, 1.54) is 0 Å². The van der Waals surface area contributed by atoms with Gasteiger partial charge in [0.15, 0.2) is 0 Å². The van der Waals surface area contributed by atoms with Gasteiger partial charge in [0.25, 0.3) is 0 Å². The number of methoxy groups -OCH3 is 2. The van der Waals surface area contributed by atoms with Crippen molar-refractivity contribution >= 4 is 23.2 Å². The van der Waals surface area contributed by atoms with Crippen molar-refractivity contribution in [1.29, 1.82) is 0 Å². The van der Waals surface area contributed by atoms with Crippen LogP contribution in [0, 0.1) is 6.92 Å². The minimum atomic E-state index is -0.464. The molecule has 0 aliphatic carbocycles. The number of hydrogen-bond acceptors (Lipinski definition) is 3. The van der Waals surface area contributed by atoms with Crippen LogP contribution in [0.15, 0.2) is 28.9 Å². The van der Waals surface area contributed by atoms with Gasteiger partial charge in [-0.3, -0.25) is 0 Å². The Bertz CT molecular complexity index is 578. The Balaban J connectivity index is 2.51. The molecule has 2 rings (SSSR count). The lowest BCUT2D eigenvalue weighted by Gasteiger charge is -2.16. The Morgan fingerprint density at radius 2 is 1.89 bits per heavy atom. The van der Waals surface area contributed by atoms with Gasteiger partial charge in [-0.25, -0.2) is 0 Å². The fourth-order valence-electron chi connectivity index (χ4n) is 1.90. The van der Waals surface area contributed by atoms with E-state index in [4.69, 9.17) is 37.1 Å². The van der Waals surface area contributed by atoms with Crippen molar-refractivity contribution in [3.05, 3.63) is 46.4 Å². The highest BCUT2D eigenvalue weighted by atomic mass is 35.5. The van der Waals surface area contributed by atoms with E-state index >= 15 is 0 Å². The van der Waals surface area contributed by atoms with Crippen LogP contribution in [0.3, 0.4) is 0 Å². The summed E-state index contributed by atoms with van der Waals surface area (Å²) in [5, 5.41) is -0.0642. The van der Waals surface area contributed by atoms with Gasteiger partial charge in [-0.15, -0.1) is 11.6 Å². The number of furan rings is 1. The number of aryl methyl sites for hydroxylation is 1. The standard InChI is InChI=1S/C14H14Cl2O3/c1-8-6-7-19-13(8)11(15)9-4-5-10(17-2)12(16)14(9)18-3/h4-7,11H,1-3H3. The highest BCUT2D eigenvalue weighted by Crippen LogP contribution is 2.43. The van der Waals surface area contributed by atoms with Crippen LogP contribution in [0.2, 0.25) is 5.02 Å². The molecule has 1 unspecified atom stereocenters. The Morgan fingerprint density at radius 3 is 2.42 bits per heavy atom. The summed E-state index contributed by atoms with van der Waals surface area (Å²) in [6, 6.07) is 5.44. The molecule has 0 bridgehead atoms. The van der Waals surface area contributed by atoms with Crippen molar-refractivity contribution in [2.75, 3.05) is 14.2 Å². The van der Waals surface area contributed by atoms with Gasteiger partial charge in [-0.05, 0) is 30.7 Å². The van der Waals surface area contributed by atoms with Gasteiger partial charge in [0.2, 0.25) is 0 Å². The van der Waals surface area contributed by atoms with E-state index < -0.39 is 5.38 Å². The van der Waals surface area contributed by atoms with Gasteiger partial charge in [-0.2, -0.15) is 0 Å². The molecular formula is C14H14Cl2O3. The van der Waals surface area contributed by atoms with E-state index in [0.29, 0.717) is 22.3 Å². The highest BCUT2D eigenvalue weighted by Gasteiger charge is 2.23. The first-order valence-electron chi connectivity index (χ1n) is 5.68. The minimum Gasteiger partial charge on any atom is -0.495 e. The van der Waals surface area contributed by atoms with Gasteiger partial charge in [0, 0.05) is 5.56 Å². The highest BCUT2D eigenvalue weighted by molar-refractivity contribution is 6.34. The molecular weight excluding hydrogens is 287 g/mol. The van der Waals surface area contributed by atoms with Crippen LogP contribution in [0.5, 0.6) is 11.5 Å². The predicted octanol–water partition coefficient (Wildman–Crippen LogP) is 4.59. The van der Waals surface area contributed by atoms with Crippen LogP contribution < -0.4 is 9.47 Å². The Hall–Kier alpha value is -1.32. The molecule has 0 saturated heterocycles. The summed E-state index contributed by atoms with van der Waals surface area (Å²) in [5.41, 5.74) is 1.72. The van der Waals surface area contributed by atoms with Crippen molar-refractivity contribution in [1.82, 2.24) is 0 Å². The van der Waals surface area contributed by atoms with E-state index in [2.05, 4.69) is 0 Å². The van der Waals surface area contributed by atoms with Gasteiger partial charge >= 0.3 is 0 Å². The zero-order valence-corrected chi connectivity index (χ0v) is 12.4. The number of hydrogen-bond donors (Lipinski definition) is 0. The van der Waals surface area contributed by atoms with Crippen molar-refractivity contribution in [2.45, 2.75) is 12.3 Å². The number of rotatable bonds is 4. The van der Waals surface area contributed by atoms with E-state index in [1.807, 2.05) is 19.1 Å². The molecule has 0 radical (unpaired) electrons. The lowest BCUT2D eigenvalue weighted by Crippen LogP contribution is -1.99. The minimum absolute atomic E-state index is 0.400. The average Bonchev–Trinajstić information content (AvgIpc) is 2.83. The maximum Gasteiger partial charge on any atom is 0.146 e.